The Morgan fingerprint density at radius 3 is 2.32 bits per heavy atom. The van der Waals surface area contributed by atoms with E-state index >= 15 is 0 Å². The Bertz CT molecular complexity index is 1140. The quantitative estimate of drug-likeness (QED) is 0.197. The van der Waals surface area contributed by atoms with Crippen LogP contribution in [-0.2, 0) is 4.74 Å². The number of carbonyl (C=O) groups is 2. The molecule has 2 rings (SSSR count). The zero-order chi connectivity index (χ0) is 23.5. The van der Waals surface area contributed by atoms with Crippen molar-refractivity contribution in [1.29, 1.82) is 0 Å². The van der Waals surface area contributed by atoms with Crippen LogP contribution in [0.2, 0.25) is 0 Å². The van der Waals surface area contributed by atoms with Gasteiger partial charge in [-0.2, -0.15) is 0 Å². The fourth-order valence-corrected chi connectivity index (χ4v) is 3.03. The molecule has 162 valence electrons. The highest BCUT2D eigenvalue weighted by Crippen LogP contribution is 2.43. The summed E-state index contributed by atoms with van der Waals surface area (Å²) < 4.78 is 9.50. The van der Waals surface area contributed by atoms with Gasteiger partial charge >= 0.3 is 11.7 Å². The number of hydrogen-bond donors (Lipinski definition) is 1. The number of pyridine rings is 1. The second-order valence-corrected chi connectivity index (χ2v) is 6.70. The zero-order valence-corrected chi connectivity index (χ0v) is 17.8. The van der Waals surface area contributed by atoms with E-state index in [1.54, 1.807) is 0 Å². The second-order valence-electron chi connectivity index (χ2n) is 5.90. The molecule has 0 unspecified atom stereocenters. The number of phenolic OH excluding ortho intramolecular Hbond substituents is 1. The standard InChI is InChI=1S/C18H14BrN3O9/c1-8-6-10(21(26)27)15(20-14(8)18(25)31-3)11(23)5-4-9-7-12(30-2)13(19)17(24)16(9)22(28)29/h4-7,24H,1-3H3/b5-4-. The topological polar surface area (TPSA) is 172 Å². The molecular formula is C18H14BrN3O9. The number of nitro groups is 2. The first-order valence-corrected chi connectivity index (χ1v) is 9.03. The van der Waals surface area contributed by atoms with E-state index in [2.05, 4.69) is 25.7 Å². The van der Waals surface area contributed by atoms with E-state index in [-0.39, 0.29) is 27.0 Å². The summed E-state index contributed by atoms with van der Waals surface area (Å²) in [5.74, 6) is -2.59. The monoisotopic (exact) mass is 495 g/mol. The fourth-order valence-electron chi connectivity index (χ4n) is 2.57. The first-order valence-electron chi connectivity index (χ1n) is 8.24. The number of carbonyl (C=O) groups excluding carboxylic acids is 2. The van der Waals surface area contributed by atoms with Gasteiger partial charge in [0.25, 0.3) is 5.69 Å². The molecule has 1 aromatic carbocycles. The summed E-state index contributed by atoms with van der Waals surface area (Å²) in [6, 6.07) is 2.18. The lowest BCUT2D eigenvalue weighted by atomic mass is 10.1. The number of ketones is 1. The Labute approximate surface area is 182 Å². The molecule has 0 aliphatic carbocycles. The number of methoxy groups -OCH3 is 2. The smallest absolute Gasteiger partial charge is 0.356 e. The third-order valence-corrected chi connectivity index (χ3v) is 4.79. The number of benzene rings is 1. The minimum atomic E-state index is -1.01. The molecule has 0 amide bonds. The van der Waals surface area contributed by atoms with Crippen LogP contribution < -0.4 is 4.74 Å². The maximum Gasteiger partial charge on any atom is 0.356 e. The van der Waals surface area contributed by atoms with Gasteiger partial charge in [0.05, 0.1) is 29.6 Å². The number of phenols is 1. The molecule has 31 heavy (non-hydrogen) atoms. The number of aryl methyl sites for hydroxylation is 1. The van der Waals surface area contributed by atoms with Gasteiger partial charge in [-0.05, 0) is 46.6 Å². The molecule has 0 spiro atoms. The van der Waals surface area contributed by atoms with Crippen molar-refractivity contribution in [3.63, 3.8) is 0 Å². The number of aromatic nitrogens is 1. The summed E-state index contributed by atoms with van der Waals surface area (Å²) in [7, 11) is 2.34. The van der Waals surface area contributed by atoms with Gasteiger partial charge in [0.15, 0.2) is 11.4 Å². The molecule has 0 saturated heterocycles. The van der Waals surface area contributed by atoms with Gasteiger partial charge in [0.1, 0.15) is 10.2 Å². The predicted molar refractivity (Wildman–Crippen MR) is 109 cm³/mol. The minimum absolute atomic E-state index is 0.0441. The molecule has 0 atom stereocenters. The zero-order valence-electron chi connectivity index (χ0n) is 16.2. The third-order valence-electron chi connectivity index (χ3n) is 4.03. The number of nitrogens with zero attached hydrogens (tertiary/aromatic N) is 3. The summed E-state index contributed by atoms with van der Waals surface area (Å²) in [4.78, 5) is 49.2. The lowest BCUT2D eigenvalue weighted by Crippen LogP contribution is -2.13. The molecule has 0 radical (unpaired) electrons. The molecule has 0 fully saturated rings. The number of nitro benzene ring substituents is 1. The summed E-state index contributed by atoms with van der Waals surface area (Å²) in [6.07, 6.45) is 1.76. The Morgan fingerprint density at radius 1 is 1.16 bits per heavy atom. The molecular weight excluding hydrogens is 482 g/mol. The average Bonchev–Trinajstić information content (AvgIpc) is 2.72. The van der Waals surface area contributed by atoms with Crippen LogP contribution in [0, 0.1) is 27.2 Å². The SMILES string of the molecule is COC(=O)c1nc(C(=O)/C=C\c2cc(OC)c(Br)c(O)c2[N+](=O)[O-])c([N+](=O)[O-])cc1C. The number of hydrogen-bond acceptors (Lipinski definition) is 10. The summed E-state index contributed by atoms with van der Waals surface area (Å²) in [5, 5.41) is 32.8. The molecule has 12 nitrogen and oxygen atoms in total. The Kier molecular flexibility index (Phi) is 7.02. The van der Waals surface area contributed by atoms with Crippen molar-refractivity contribution in [2.24, 2.45) is 0 Å². The van der Waals surface area contributed by atoms with E-state index in [0.717, 1.165) is 25.3 Å². The lowest BCUT2D eigenvalue weighted by molar-refractivity contribution is -0.386. The average molecular weight is 496 g/mol. The molecule has 1 N–H and O–H groups in total. The number of halogens is 1. The van der Waals surface area contributed by atoms with Gasteiger partial charge in [-0.15, -0.1) is 0 Å². The van der Waals surface area contributed by atoms with Gasteiger partial charge in [0, 0.05) is 6.07 Å². The van der Waals surface area contributed by atoms with Crippen LogP contribution in [0.5, 0.6) is 11.5 Å². The van der Waals surface area contributed by atoms with Crippen LogP contribution >= 0.6 is 15.9 Å². The van der Waals surface area contributed by atoms with Crippen molar-refractivity contribution in [3.8, 4) is 11.5 Å². The van der Waals surface area contributed by atoms with E-state index in [9.17, 15) is 34.9 Å². The van der Waals surface area contributed by atoms with Crippen LogP contribution in [0.25, 0.3) is 6.08 Å². The first-order chi connectivity index (χ1) is 14.5. The lowest BCUT2D eigenvalue weighted by Gasteiger charge is -2.08. The second kappa shape index (κ2) is 9.30. The van der Waals surface area contributed by atoms with Crippen molar-refractivity contribution in [2.75, 3.05) is 14.2 Å². The highest BCUT2D eigenvalue weighted by Gasteiger charge is 2.27. The van der Waals surface area contributed by atoms with E-state index < -0.39 is 44.4 Å². The molecule has 0 saturated carbocycles. The summed E-state index contributed by atoms with van der Waals surface area (Å²) in [5.41, 5.74) is -2.43. The molecule has 2 aromatic rings. The number of esters is 1. The third kappa shape index (κ3) is 4.66. The van der Waals surface area contributed by atoms with Crippen LogP contribution in [0.3, 0.4) is 0 Å². The van der Waals surface area contributed by atoms with Gasteiger partial charge in [-0.25, -0.2) is 9.78 Å². The van der Waals surface area contributed by atoms with E-state index in [4.69, 9.17) is 4.74 Å². The molecule has 1 heterocycles. The van der Waals surface area contributed by atoms with E-state index in [0.29, 0.717) is 0 Å². The molecule has 13 heteroatoms. The number of rotatable bonds is 7. The fraction of sp³-hybridized carbons (Fsp3) is 0.167. The Morgan fingerprint density at radius 2 is 1.81 bits per heavy atom. The number of ether oxygens (including phenoxy) is 2. The predicted octanol–water partition coefficient (Wildman–Crippen LogP) is 3.37. The van der Waals surface area contributed by atoms with Crippen LogP contribution in [-0.4, -0.2) is 45.9 Å². The highest BCUT2D eigenvalue weighted by molar-refractivity contribution is 9.10. The Hall–Kier alpha value is -3.87. The van der Waals surface area contributed by atoms with Gasteiger partial charge in [-0.3, -0.25) is 25.0 Å². The van der Waals surface area contributed by atoms with Crippen LogP contribution in [0.15, 0.2) is 22.7 Å². The number of aromatic hydroxyl groups is 1. The van der Waals surface area contributed by atoms with Crippen molar-refractivity contribution in [1.82, 2.24) is 4.98 Å². The van der Waals surface area contributed by atoms with Crippen LogP contribution in [0.4, 0.5) is 11.4 Å². The number of allylic oxidation sites excluding steroid dienone is 1. The molecule has 0 bridgehead atoms. The summed E-state index contributed by atoms with van der Waals surface area (Å²) in [6.45, 7) is 1.39. The minimum Gasteiger partial charge on any atom is -0.501 e. The largest absolute Gasteiger partial charge is 0.501 e. The van der Waals surface area contributed by atoms with Crippen molar-refractivity contribution < 1.29 is 34.0 Å². The van der Waals surface area contributed by atoms with E-state index in [1.807, 2.05) is 0 Å². The molecule has 0 aliphatic rings. The van der Waals surface area contributed by atoms with Gasteiger partial charge < -0.3 is 14.6 Å². The van der Waals surface area contributed by atoms with Gasteiger partial charge in [-0.1, -0.05) is 0 Å². The van der Waals surface area contributed by atoms with Crippen LogP contribution in [0.1, 0.15) is 32.1 Å². The van der Waals surface area contributed by atoms with Crippen molar-refractivity contribution in [3.05, 3.63) is 65.4 Å². The first kappa shape index (κ1) is 23.4. The van der Waals surface area contributed by atoms with Gasteiger partial charge in [0.2, 0.25) is 11.5 Å². The summed E-state index contributed by atoms with van der Waals surface area (Å²) >= 11 is 2.97. The van der Waals surface area contributed by atoms with E-state index in [1.165, 1.54) is 20.1 Å². The highest BCUT2D eigenvalue weighted by atomic mass is 79.9. The van der Waals surface area contributed by atoms with Crippen molar-refractivity contribution in [2.45, 2.75) is 6.92 Å². The Balaban J connectivity index is 2.62. The van der Waals surface area contributed by atoms with Crippen molar-refractivity contribution >= 4 is 45.1 Å². The molecule has 0 aliphatic heterocycles. The maximum absolute atomic E-state index is 12.6. The maximum atomic E-state index is 12.6. The molecule has 1 aromatic heterocycles. The normalized spacial score (nSPS) is 10.7.